The zero-order chi connectivity index (χ0) is 19.6. The predicted molar refractivity (Wildman–Crippen MR) is 109 cm³/mol. The number of nitrogens with one attached hydrogen (secondary N) is 1. The second-order valence-corrected chi connectivity index (χ2v) is 9.81. The molecule has 0 aliphatic carbocycles. The first-order valence-corrected chi connectivity index (χ1v) is 11.8. The van der Waals surface area contributed by atoms with Crippen molar-refractivity contribution in [2.75, 3.05) is 30.2 Å². The number of carbonyl (C=O) groups excluding carboxylic acids is 1. The van der Waals surface area contributed by atoms with Gasteiger partial charge in [-0.25, -0.2) is 8.42 Å². The third-order valence-corrected chi connectivity index (χ3v) is 6.97. The molecule has 0 aromatic heterocycles. The molecule has 1 N–H and O–H groups in total. The Morgan fingerprint density at radius 2 is 2.00 bits per heavy atom. The number of benzene rings is 1. The van der Waals surface area contributed by atoms with Crippen LogP contribution in [-0.2, 0) is 16.4 Å². The minimum absolute atomic E-state index is 0.0880. The van der Waals surface area contributed by atoms with Crippen LogP contribution in [0.25, 0.3) is 0 Å². The lowest BCUT2D eigenvalue weighted by Crippen LogP contribution is -2.39. The number of rotatable bonds is 6. The zero-order valence-corrected chi connectivity index (χ0v) is 17.4. The predicted octanol–water partition coefficient (Wildman–Crippen LogP) is 2.39. The van der Waals surface area contributed by atoms with E-state index in [2.05, 4.69) is 17.1 Å². The number of fused-ring (bicyclic) bond motifs is 1. The Balaban J connectivity index is 1.55. The van der Waals surface area contributed by atoms with E-state index in [1.807, 2.05) is 13.0 Å². The van der Waals surface area contributed by atoms with Gasteiger partial charge in [-0.05, 0) is 69.8 Å². The van der Waals surface area contributed by atoms with Gasteiger partial charge in [-0.3, -0.25) is 9.10 Å². The van der Waals surface area contributed by atoms with Crippen LogP contribution in [0.15, 0.2) is 18.2 Å². The van der Waals surface area contributed by atoms with Gasteiger partial charge in [-0.15, -0.1) is 0 Å². The van der Waals surface area contributed by atoms with Gasteiger partial charge in [0.25, 0.3) is 5.91 Å². The van der Waals surface area contributed by atoms with Gasteiger partial charge in [0.05, 0.1) is 11.9 Å². The molecule has 2 aliphatic heterocycles. The minimum Gasteiger partial charge on any atom is -0.352 e. The molecule has 2 aliphatic rings. The lowest BCUT2D eigenvalue weighted by molar-refractivity contribution is 0.0949. The van der Waals surface area contributed by atoms with E-state index < -0.39 is 10.0 Å². The maximum atomic E-state index is 12.5. The molecule has 1 amide bonds. The summed E-state index contributed by atoms with van der Waals surface area (Å²) < 4.78 is 25.4. The Bertz CT molecular complexity index is 794. The number of hydrogen-bond acceptors (Lipinski definition) is 4. The minimum atomic E-state index is -3.30. The first-order valence-electron chi connectivity index (χ1n) is 9.92. The van der Waals surface area contributed by atoms with Gasteiger partial charge >= 0.3 is 0 Å². The highest BCUT2D eigenvalue weighted by atomic mass is 32.2. The number of piperidine rings is 1. The molecule has 0 unspecified atom stereocenters. The van der Waals surface area contributed by atoms with Crippen molar-refractivity contribution in [3.63, 3.8) is 0 Å². The van der Waals surface area contributed by atoms with Crippen LogP contribution in [0.3, 0.4) is 0 Å². The van der Waals surface area contributed by atoms with Crippen LogP contribution in [-0.4, -0.2) is 57.2 Å². The van der Waals surface area contributed by atoms with Crippen LogP contribution in [0.2, 0.25) is 0 Å². The molecule has 1 fully saturated rings. The molecule has 1 aromatic carbocycles. The molecule has 7 heteroatoms. The Hall–Kier alpha value is -1.60. The van der Waals surface area contributed by atoms with Crippen LogP contribution in [0, 0.1) is 0 Å². The molecular weight excluding hydrogens is 362 g/mol. The van der Waals surface area contributed by atoms with E-state index in [9.17, 15) is 13.2 Å². The van der Waals surface area contributed by atoms with Crippen molar-refractivity contribution in [3.8, 4) is 0 Å². The van der Waals surface area contributed by atoms with E-state index >= 15 is 0 Å². The van der Waals surface area contributed by atoms with Crippen molar-refractivity contribution in [3.05, 3.63) is 29.3 Å². The summed E-state index contributed by atoms with van der Waals surface area (Å²) in [5, 5.41) is 3.00. The largest absolute Gasteiger partial charge is 0.352 e. The number of nitrogens with zero attached hydrogens (tertiary/aromatic N) is 2. The van der Waals surface area contributed by atoms with Crippen LogP contribution in [0.5, 0.6) is 0 Å². The summed E-state index contributed by atoms with van der Waals surface area (Å²) in [5.41, 5.74) is 2.21. The Labute approximate surface area is 163 Å². The van der Waals surface area contributed by atoms with Gasteiger partial charge in [-0.2, -0.15) is 0 Å². The van der Waals surface area contributed by atoms with Crippen molar-refractivity contribution >= 4 is 21.6 Å². The van der Waals surface area contributed by atoms with E-state index in [1.54, 1.807) is 12.1 Å². The monoisotopic (exact) mass is 393 g/mol. The summed E-state index contributed by atoms with van der Waals surface area (Å²) >= 11 is 0. The van der Waals surface area contributed by atoms with Crippen molar-refractivity contribution in [1.82, 2.24) is 10.2 Å². The van der Waals surface area contributed by atoms with E-state index in [1.165, 1.54) is 29.8 Å². The summed E-state index contributed by atoms with van der Waals surface area (Å²) in [4.78, 5) is 15.0. The molecule has 0 saturated carbocycles. The fourth-order valence-electron chi connectivity index (χ4n) is 4.33. The third-order valence-electron chi connectivity index (χ3n) is 5.70. The molecule has 0 spiro atoms. The second kappa shape index (κ2) is 8.19. The Morgan fingerprint density at radius 3 is 2.70 bits per heavy atom. The average Bonchev–Trinajstić information content (AvgIpc) is 2.94. The van der Waals surface area contributed by atoms with Crippen LogP contribution in [0.1, 0.15) is 55.5 Å². The first kappa shape index (κ1) is 20.1. The Morgan fingerprint density at radius 1 is 1.22 bits per heavy atom. The fraction of sp³-hybridized carbons (Fsp3) is 0.650. The molecule has 0 bridgehead atoms. The number of hydrogen-bond donors (Lipinski definition) is 1. The molecule has 3 rings (SSSR count). The first-order chi connectivity index (χ1) is 12.8. The van der Waals surface area contributed by atoms with Crippen LogP contribution < -0.4 is 9.62 Å². The standard InChI is InChI=1S/C20H31N3O3S/c1-15-7-4-5-11-22(15)12-6-10-21-20(24)17-8-9-19-18(14-17)13-16(2)23(19)27(3,25)26/h8-9,14-16H,4-7,10-13H2,1-3H3,(H,21,24)/t15-,16-/m0/s1. The van der Waals surface area contributed by atoms with Gasteiger partial charge in [0, 0.05) is 30.7 Å². The molecule has 2 atom stereocenters. The number of sulfonamides is 1. The van der Waals surface area contributed by atoms with Crippen molar-refractivity contribution in [2.24, 2.45) is 0 Å². The molecule has 2 heterocycles. The maximum absolute atomic E-state index is 12.5. The molecule has 27 heavy (non-hydrogen) atoms. The number of amides is 1. The average molecular weight is 394 g/mol. The molecule has 1 aromatic rings. The van der Waals surface area contributed by atoms with Crippen molar-refractivity contribution in [2.45, 2.75) is 58.0 Å². The van der Waals surface area contributed by atoms with Gasteiger partial charge in [0.2, 0.25) is 10.0 Å². The van der Waals surface area contributed by atoms with Gasteiger partial charge in [-0.1, -0.05) is 6.42 Å². The quantitative estimate of drug-likeness (QED) is 0.754. The van der Waals surface area contributed by atoms with E-state index in [0.29, 0.717) is 30.3 Å². The van der Waals surface area contributed by atoms with Gasteiger partial charge < -0.3 is 10.2 Å². The molecule has 1 saturated heterocycles. The van der Waals surface area contributed by atoms with Crippen molar-refractivity contribution in [1.29, 1.82) is 0 Å². The van der Waals surface area contributed by atoms with Crippen LogP contribution in [0.4, 0.5) is 5.69 Å². The summed E-state index contributed by atoms with van der Waals surface area (Å²) in [6.07, 6.45) is 6.67. The normalized spacial score (nSPS) is 23.3. The number of carbonyl (C=O) groups is 1. The second-order valence-electron chi connectivity index (χ2n) is 7.95. The van der Waals surface area contributed by atoms with E-state index in [0.717, 1.165) is 25.1 Å². The summed E-state index contributed by atoms with van der Waals surface area (Å²) in [6, 6.07) is 5.84. The lowest BCUT2D eigenvalue weighted by Gasteiger charge is -2.33. The highest BCUT2D eigenvalue weighted by Crippen LogP contribution is 2.34. The van der Waals surface area contributed by atoms with Crippen LogP contribution >= 0.6 is 0 Å². The van der Waals surface area contributed by atoms with Crippen molar-refractivity contribution < 1.29 is 13.2 Å². The summed E-state index contributed by atoms with van der Waals surface area (Å²) in [6.45, 7) is 7.01. The summed E-state index contributed by atoms with van der Waals surface area (Å²) in [7, 11) is -3.30. The molecular formula is C20H31N3O3S. The third kappa shape index (κ3) is 4.63. The SMILES string of the molecule is C[C@H]1CCCCN1CCCNC(=O)c1ccc2c(c1)C[C@H](C)N2S(C)(=O)=O. The number of anilines is 1. The fourth-order valence-corrected chi connectivity index (χ4v) is 5.59. The highest BCUT2D eigenvalue weighted by molar-refractivity contribution is 7.92. The highest BCUT2D eigenvalue weighted by Gasteiger charge is 2.32. The maximum Gasteiger partial charge on any atom is 0.251 e. The van der Waals surface area contributed by atoms with E-state index in [-0.39, 0.29) is 11.9 Å². The zero-order valence-electron chi connectivity index (χ0n) is 16.6. The molecule has 6 nitrogen and oxygen atoms in total. The smallest absolute Gasteiger partial charge is 0.251 e. The topological polar surface area (TPSA) is 69.7 Å². The van der Waals surface area contributed by atoms with Gasteiger partial charge in [0.1, 0.15) is 0 Å². The molecule has 0 radical (unpaired) electrons. The molecule has 150 valence electrons. The Kier molecular flexibility index (Phi) is 6.11. The number of likely N-dealkylation sites (tertiary alicyclic amines) is 1. The lowest BCUT2D eigenvalue weighted by atomic mass is 10.0. The van der Waals surface area contributed by atoms with E-state index in [4.69, 9.17) is 0 Å². The van der Waals surface area contributed by atoms with Gasteiger partial charge in [0.15, 0.2) is 0 Å². The summed E-state index contributed by atoms with van der Waals surface area (Å²) in [5.74, 6) is -0.0880.